The summed E-state index contributed by atoms with van der Waals surface area (Å²) in [4.78, 5) is 24.1. The van der Waals surface area contributed by atoms with Gasteiger partial charge in [0.1, 0.15) is 10.1 Å². The van der Waals surface area contributed by atoms with E-state index in [0.717, 1.165) is 24.8 Å². The largest absolute Gasteiger partial charge is 0.288 e. The van der Waals surface area contributed by atoms with Gasteiger partial charge in [-0.05, 0) is 18.4 Å². The molecule has 4 heteroatoms. The van der Waals surface area contributed by atoms with Gasteiger partial charge in [0.25, 0.3) is 0 Å². The summed E-state index contributed by atoms with van der Waals surface area (Å²) < 4.78 is 0. The van der Waals surface area contributed by atoms with Crippen molar-refractivity contribution < 1.29 is 9.59 Å². The smallest absolute Gasteiger partial charge is 0.207 e. The lowest BCUT2D eigenvalue weighted by Crippen LogP contribution is -2.19. The number of halogens is 2. The highest BCUT2D eigenvalue weighted by molar-refractivity contribution is 6.59. The van der Waals surface area contributed by atoms with Crippen LogP contribution in [0, 0.1) is 0 Å². The zero-order valence-electron chi connectivity index (χ0n) is 9.93. The van der Waals surface area contributed by atoms with Crippen LogP contribution in [0.4, 0.5) is 0 Å². The van der Waals surface area contributed by atoms with Crippen molar-refractivity contribution in [1.29, 1.82) is 0 Å². The van der Waals surface area contributed by atoms with E-state index in [0.29, 0.717) is 11.1 Å². The molecule has 0 bridgehead atoms. The molecular formula is C14H12Cl2O2. The van der Waals surface area contributed by atoms with E-state index in [2.05, 4.69) is 6.92 Å². The number of benzene rings is 1. The maximum absolute atomic E-state index is 12.1. The molecule has 94 valence electrons. The minimum Gasteiger partial charge on any atom is -0.288 e. The molecule has 0 N–H and O–H groups in total. The van der Waals surface area contributed by atoms with Crippen molar-refractivity contribution >= 4 is 34.8 Å². The Balaban J connectivity index is 2.56. The number of hydrogen-bond acceptors (Lipinski definition) is 2. The van der Waals surface area contributed by atoms with Gasteiger partial charge in [0, 0.05) is 11.1 Å². The number of carbonyl (C=O) groups excluding carboxylic acids is 2. The highest BCUT2D eigenvalue weighted by Gasteiger charge is 2.31. The number of fused-ring (bicyclic) bond motifs is 1. The second kappa shape index (κ2) is 5.25. The van der Waals surface area contributed by atoms with E-state index in [1.165, 1.54) is 0 Å². The quantitative estimate of drug-likeness (QED) is 0.837. The van der Waals surface area contributed by atoms with Gasteiger partial charge in [0.05, 0.1) is 0 Å². The Hall–Kier alpha value is -1.12. The van der Waals surface area contributed by atoms with Crippen molar-refractivity contribution in [2.75, 3.05) is 0 Å². The van der Waals surface area contributed by atoms with Gasteiger partial charge in [-0.2, -0.15) is 0 Å². The Morgan fingerprint density at radius 1 is 1.06 bits per heavy atom. The molecule has 0 aromatic heterocycles. The fourth-order valence-electron chi connectivity index (χ4n) is 2.06. The summed E-state index contributed by atoms with van der Waals surface area (Å²) >= 11 is 11.6. The van der Waals surface area contributed by atoms with Crippen molar-refractivity contribution in [2.24, 2.45) is 0 Å². The minimum atomic E-state index is -0.366. The number of ketones is 2. The van der Waals surface area contributed by atoms with Gasteiger partial charge in [0.2, 0.25) is 11.6 Å². The van der Waals surface area contributed by atoms with E-state index >= 15 is 0 Å². The molecule has 0 aliphatic heterocycles. The average molecular weight is 283 g/mol. The SMILES string of the molecule is CCCCc1cccc2c1C(=O)C(Cl)=C(Cl)C2=O. The predicted molar refractivity (Wildman–Crippen MR) is 72.4 cm³/mol. The van der Waals surface area contributed by atoms with Gasteiger partial charge < -0.3 is 0 Å². The molecule has 1 aliphatic carbocycles. The molecule has 18 heavy (non-hydrogen) atoms. The lowest BCUT2D eigenvalue weighted by Gasteiger charge is -2.17. The lowest BCUT2D eigenvalue weighted by molar-refractivity contribution is 0.0986. The van der Waals surface area contributed by atoms with Crippen LogP contribution >= 0.6 is 23.2 Å². The molecule has 0 saturated heterocycles. The van der Waals surface area contributed by atoms with Crippen LogP contribution in [0.15, 0.2) is 28.3 Å². The lowest BCUT2D eigenvalue weighted by atomic mass is 9.88. The van der Waals surface area contributed by atoms with Gasteiger partial charge >= 0.3 is 0 Å². The Labute approximate surface area is 116 Å². The second-order valence-electron chi connectivity index (χ2n) is 4.23. The Kier molecular flexibility index (Phi) is 3.88. The predicted octanol–water partition coefficient (Wildman–Crippen LogP) is 4.10. The molecule has 0 atom stereocenters. The van der Waals surface area contributed by atoms with E-state index in [1.54, 1.807) is 12.1 Å². The number of carbonyl (C=O) groups is 2. The molecule has 0 heterocycles. The third-order valence-corrected chi connectivity index (χ3v) is 3.83. The fourth-order valence-corrected chi connectivity index (χ4v) is 2.43. The molecule has 2 nitrogen and oxygen atoms in total. The molecule has 0 spiro atoms. The summed E-state index contributed by atoms with van der Waals surface area (Å²) in [5, 5.41) is -0.347. The highest BCUT2D eigenvalue weighted by Crippen LogP contribution is 2.32. The number of allylic oxidation sites excluding steroid dienone is 2. The highest BCUT2D eigenvalue weighted by atomic mass is 35.5. The first-order chi connectivity index (χ1) is 8.57. The van der Waals surface area contributed by atoms with Crippen molar-refractivity contribution in [2.45, 2.75) is 26.2 Å². The summed E-state index contributed by atoms with van der Waals surface area (Å²) in [5.74, 6) is -0.711. The van der Waals surface area contributed by atoms with Gasteiger partial charge in [0.15, 0.2) is 0 Å². The first-order valence-electron chi connectivity index (χ1n) is 5.84. The number of Topliss-reactive ketones (excluding diaryl/α,β-unsaturated/α-hetero) is 2. The molecule has 2 rings (SSSR count). The van der Waals surface area contributed by atoms with Crippen LogP contribution in [0.1, 0.15) is 46.0 Å². The molecule has 0 saturated carbocycles. The van der Waals surface area contributed by atoms with Crippen molar-refractivity contribution in [3.63, 3.8) is 0 Å². The molecule has 1 aliphatic rings. The van der Waals surface area contributed by atoms with E-state index in [4.69, 9.17) is 23.2 Å². The van der Waals surface area contributed by atoms with Crippen LogP contribution in [0.5, 0.6) is 0 Å². The molecule has 0 unspecified atom stereocenters. The van der Waals surface area contributed by atoms with E-state index in [9.17, 15) is 9.59 Å². The van der Waals surface area contributed by atoms with E-state index < -0.39 is 0 Å². The number of hydrogen-bond donors (Lipinski definition) is 0. The van der Waals surface area contributed by atoms with Crippen molar-refractivity contribution in [3.8, 4) is 0 Å². The molecule has 1 aromatic rings. The van der Waals surface area contributed by atoms with Crippen molar-refractivity contribution in [1.82, 2.24) is 0 Å². The summed E-state index contributed by atoms with van der Waals surface area (Å²) in [5.41, 5.74) is 1.66. The van der Waals surface area contributed by atoms with Gasteiger partial charge in [-0.3, -0.25) is 9.59 Å². The Morgan fingerprint density at radius 3 is 2.39 bits per heavy atom. The normalized spacial score (nSPS) is 15.1. The van der Waals surface area contributed by atoms with Crippen LogP contribution in [-0.4, -0.2) is 11.6 Å². The van der Waals surface area contributed by atoms with Crippen LogP contribution < -0.4 is 0 Å². The molecule has 0 fully saturated rings. The number of unbranched alkanes of at least 4 members (excludes halogenated alkanes) is 1. The second-order valence-corrected chi connectivity index (χ2v) is 4.99. The molecule has 0 radical (unpaired) electrons. The first-order valence-corrected chi connectivity index (χ1v) is 6.60. The van der Waals surface area contributed by atoms with E-state index in [-0.39, 0.29) is 21.6 Å². The molecule has 0 amide bonds. The average Bonchev–Trinajstić information content (AvgIpc) is 2.40. The summed E-state index contributed by atoms with van der Waals surface area (Å²) in [6.45, 7) is 2.08. The van der Waals surface area contributed by atoms with Gasteiger partial charge in [-0.15, -0.1) is 0 Å². The Morgan fingerprint density at radius 2 is 1.72 bits per heavy atom. The van der Waals surface area contributed by atoms with Crippen LogP contribution in [0.3, 0.4) is 0 Å². The molecule has 1 aromatic carbocycles. The van der Waals surface area contributed by atoms with Gasteiger partial charge in [-0.1, -0.05) is 54.7 Å². The van der Waals surface area contributed by atoms with Crippen molar-refractivity contribution in [3.05, 3.63) is 45.0 Å². The molecular weight excluding hydrogens is 271 g/mol. The summed E-state index contributed by atoms with van der Waals surface area (Å²) in [6.07, 6.45) is 2.75. The van der Waals surface area contributed by atoms with Gasteiger partial charge in [-0.25, -0.2) is 0 Å². The number of rotatable bonds is 3. The first kappa shape index (κ1) is 13.3. The fraction of sp³-hybridized carbons (Fsp3) is 0.286. The van der Waals surface area contributed by atoms with E-state index in [1.807, 2.05) is 6.07 Å². The topological polar surface area (TPSA) is 34.1 Å². The third-order valence-electron chi connectivity index (χ3n) is 3.01. The van der Waals surface area contributed by atoms with Crippen LogP contribution in [-0.2, 0) is 6.42 Å². The summed E-state index contributed by atoms with van der Waals surface area (Å²) in [6, 6.07) is 5.26. The maximum Gasteiger partial charge on any atom is 0.207 e. The number of aryl methyl sites for hydroxylation is 1. The van der Waals surface area contributed by atoms with Crippen LogP contribution in [0.25, 0.3) is 0 Å². The summed E-state index contributed by atoms with van der Waals surface area (Å²) in [7, 11) is 0. The zero-order valence-corrected chi connectivity index (χ0v) is 11.4. The monoisotopic (exact) mass is 282 g/mol. The zero-order chi connectivity index (χ0) is 13.3. The maximum atomic E-state index is 12.1. The Bertz CT molecular complexity index is 559. The standard InChI is InChI=1S/C14H12Cl2O2/c1-2-3-5-8-6-4-7-9-10(8)14(18)12(16)11(15)13(9)17/h4,6-7H,2-3,5H2,1H3. The van der Waals surface area contributed by atoms with Crippen LogP contribution in [0.2, 0.25) is 0 Å². The third kappa shape index (κ3) is 2.11. The minimum absolute atomic E-state index is 0.168.